The molecule has 0 unspecified atom stereocenters. The summed E-state index contributed by atoms with van der Waals surface area (Å²) in [6, 6.07) is 6.73. The van der Waals surface area contributed by atoms with E-state index in [0.717, 1.165) is 0 Å². The van der Waals surface area contributed by atoms with Crippen LogP contribution in [0.5, 0.6) is 5.75 Å². The van der Waals surface area contributed by atoms with Crippen LogP contribution in [0.3, 0.4) is 0 Å². The SMILES string of the molecule is O=C(Oc1ccc(Cl)cc1)N1CC[N]CC1. The third kappa shape index (κ3) is 2.87. The predicted octanol–water partition coefficient (Wildman–Crippen LogP) is 1.76. The Bertz CT molecular complexity index is 361. The van der Waals surface area contributed by atoms with Crippen LogP contribution >= 0.6 is 11.6 Å². The highest BCUT2D eigenvalue weighted by Crippen LogP contribution is 2.16. The molecule has 5 heteroatoms. The fraction of sp³-hybridized carbons (Fsp3) is 0.364. The average molecular weight is 240 g/mol. The van der Waals surface area contributed by atoms with Crippen molar-refractivity contribution in [3.63, 3.8) is 0 Å². The number of hydrogen-bond acceptors (Lipinski definition) is 2. The van der Waals surface area contributed by atoms with Gasteiger partial charge in [-0.15, -0.1) is 0 Å². The van der Waals surface area contributed by atoms with E-state index in [4.69, 9.17) is 16.3 Å². The van der Waals surface area contributed by atoms with E-state index in [1.54, 1.807) is 29.2 Å². The van der Waals surface area contributed by atoms with Gasteiger partial charge in [0.15, 0.2) is 0 Å². The fourth-order valence-electron chi connectivity index (χ4n) is 1.46. The molecule has 0 saturated carbocycles. The van der Waals surface area contributed by atoms with Gasteiger partial charge in [-0.2, -0.15) is 0 Å². The lowest BCUT2D eigenvalue weighted by atomic mass is 10.3. The summed E-state index contributed by atoms with van der Waals surface area (Å²) in [6.45, 7) is 2.64. The Morgan fingerprint density at radius 3 is 2.50 bits per heavy atom. The summed E-state index contributed by atoms with van der Waals surface area (Å²) in [5, 5.41) is 4.78. The fourth-order valence-corrected chi connectivity index (χ4v) is 1.58. The van der Waals surface area contributed by atoms with Crippen LogP contribution < -0.4 is 10.1 Å². The van der Waals surface area contributed by atoms with Crippen LogP contribution in [-0.4, -0.2) is 37.2 Å². The van der Waals surface area contributed by atoms with Gasteiger partial charge < -0.3 is 9.64 Å². The number of hydrogen-bond donors (Lipinski definition) is 0. The zero-order chi connectivity index (χ0) is 11.4. The van der Waals surface area contributed by atoms with Crippen LogP contribution in [-0.2, 0) is 0 Å². The van der Waals surface area contributed by atoms with Gasteiger partial charge in [0, 0.05) is 31.2 Å². The largest absolute Gasteiger partial charge is 0.415 e. The van der Waals surface area contributed by atoms with Crippen LogP contribution in [0.4, 0.5) is 4.79 Å². The Balaban J connectivity index is 1.93. The summed E-state index contributed by atoms with van der Waals surface area (Å²) in [6.07, 6.45) is -0.322. The minimum absolute atomic E-state index is 0.322. The molecule has 0 spiro atoms. The first-order chi connectivity index (χ1) is 7.75. The monoisotopic (exact) mass is 239 g/mol. The van der Waals surface area contributed by atoms with E-state index < -0.39 is 0 Å². The summed E-state index contributed by atoms with van der Waals surface area (Å²) in [5.74, 6) is 0.511. The molecule has 1 radical (unpaired) electrons. The van der Waals surface area contributed by atoms with Gasteiger partial charge in [0.05, 0.1) is 0 Å². The van der Waals surface area contributed by atoms with Crippen LogP contribution in [0.2, 0.25) is 5.02 Å². The minimum atomic E-state index is -0.322. The lowest BCUT2D eigenvalue weighted by Crippen LogP contribution is -2.45. The molecule has 0 aliphatic carbocycles. The molecule has 1 aliphatic heterocycles. The van der Waals surface area contributed by atoms with Crippen molar-refractivity contribution in [2.45, 2.75) is 0 Å². The summed E-state index contributed by atoms with van der Waals surface area (Å²) in [4.78, 5) is 13.3. The summed E-state index contributed by atoms with van der Waals surface area (Å²) < 4.78 is 5.20. The standard InChI is InChI=1S/C11H12ClN2O2/c12-9-1-3-10(4-2-9)16-11(15)14-7-5-13-6-8-14/h1-4H,5-8H2. The van der Waals surface area contributed by atoms with Gasteiger partial charge >= 0.3 is 6.09 Å². The number of rotatable bonds is 1. The predicted molar refractivity (Wildman–Crippen MR) is 60.9 cm³/mol. The normalized spacial score (nSPS) is 15.9. The van der Waals surface area contributed by atoms with E-state index in [1.807, 2.05) is 0 Å². The zero-order valence-corrected chi connectivity index (χ0v) is 9.48. The molecule has 0 atom stereocenters. The topological polar surface area (TPSA) is 43.6 Å². The number of carbonyl (C=O) groups excluding carboxylic acids is 1. The molecule has 1 aromatic rings. The van der Waals surface area contributed by atoms with Crippen molar-refractivity contribution in [1.82, 2.24) is 10.2 Å². The van der Waals surface area contributed by atoms with E-state index in [-0.39, 0.29) is 6.09 Å². The smallest absolute Gasteiger partial charge is 0.410 e. The van der Waals surface area contributed by atoms with Crippen molar-refractivity contribution in [3.8, 4) is 5.75 Å². The van der Waals surface area contributed by atoms with E-state index in [9.17, 15) is 4.79 Å². The number of benzene rings is 1. The maximum atomic E-state index is 11.7. The molecule has 1 saturated heterocycles. The quantitative estimate of drug-likeness (QED) is 0.750. The van der Waals surface area contributed by atoms with E-state index in [2.05, 4.69) is 5.32 Å². The van der Waals surface area contributed by atoms with Crippen LogP contribution in [0.15, 0.2) is 24.3 Å². The van der Waals surface area contributed by atoms with Gasteiger partial charge in [-0.25, -0.2) is 10.1 Å². The summed E-state index contributed by atoms with van der Waals surface area (Å²) in [5.41, 5.74) is 0. The van der Waals surface area contributed by atoms with Gasteiger partial charge in [0.2, 0.25) is 0 Å². The molecular formula is C11H12ClN2O2. The molecule has 1 heterocycles. The lowest BCUT2D eigenvalue weighted by molar-refractivity contribution is 0.145. The number of nitrogens with zero attached hydrogens (tertiary/aromatic N) is 2. The van der Waals surface area contributed by atoms with Crippen molar-refractivity contribution in [3.05, 3.63) is 29.3 Å². The van der Waals surface area contributed by atoms with E-state index >= 15 is 0 Å². The number of carbonyl (C=O) groups is 1. The molecule has 4 nitrogen and oxygen atoms in total. The summed E-state index contributed by atoms with van der Waals surface area (Å²) >= 11 is 5.73. The lowest BCUT2D eigenvalue weighted by Gasteiger charge is -2.25. The number of ether oxygens (including phenoxy) is 1. The second kappa shape index (κ2) is 5.18. The molecular weight excluding hydrogens is 228 g/mol. The van der Waals surface area contributed by atoms with Gasteiger partial charge in [0.25, 0.3) is 0 Å². The maximum Gasteiger partial charge on any atom is 0.415 e. The Labute approximate surface area is 99.1 Å². The molecule has 1 fully saturated rings. The van der Waals surface area contributed by atoms with E-state index in [1.165, 1.54) is 0 Å². The van der Waals surface area contributed by atoms with Crippen molar-refractivity contribution in [2.24, 2.45) is 0 Å². The number of amides is 1. The zero-order valence-electron chi connectivity index (χ0n) is 8.73. The Morgan fingerprint density at radius 1 is 1.25 bits per heavy atom. The average Bonchev–Trinajstić information content (AvgIpc) is 2.33. The Kier molecular flexibility index (Phi) is 3.64. The first-order valence-corrected chi connectivity index (χ1v) is 5.49. The summed E-state index contributed by atoms with van der Waals surface area (Å²) in [7, 11) is 0. The van der Waals surface area contributed by atoms with Crippen molar-refractivity contribution in [1.29, 1.82) is 0 Å². The molecule has 1 amide bonds. The second-order valence-electron chi connectivity index (χ2n) is 3.48. The van der Waals surface area contributed by atoms with Crippen molar-refractivity contribution >= 4 is 17.7 Å². The third-order valence-electron chi connectivity index (χ3n) is 2.33. The number of halogens is 1. The van der Waals surface area contributed by atoms with Crippen molar-refractivity contribution in [2.75, 3.05) is 26.2 Å². The molecule has 2 rings (SSSR count). The highest BCUT2D eigenvalue weighted by Gasteiger charge is 2.18. The molecule has 85 valence electrons. The Morgan fingerprint density at radius 2 is 1.88 bits per heavy atom. The first-order valence-electron chi connectivity index (χ1n) is 5.11. The minimum Gasteiger partial charge on any atom is -0.410 e. The van der Waals surface area contributed by atoms with Crippen LogP contribution in [0.25, 0.3) is 0 Å². The highest BCUT2D eigenvalue weighted by molar-refractivity contribution is 6.30. The van der Waals surface area contributed by atoms with Gasteiger partial charge in [-0.05, 0) is 24.3 Å². The molecule has 1 aromatic carbocycles. The van der Waals surface area contributed by atoms with E-state index in [0.29, 0.717) is 37.0 Å². The Hall–Kier alpha value is -1.26. The second-order valence-corrected chi connectivity index (χ2v) is 3.92. The van der Waals surface area contributed by atoms with Crippen LogP contribution in [0, 0.1) is 0 Å². The molecule has 0 aromatic heterocycles. The van der Waals surface area contributed by atoms with Crippen LogP contribution in [0.1, 0.15) is 0 Å². The van der Waals surface area contributed by atoms with Gasteiger partial charge in [0.1, 0.15) is 5.75 Å². The molecule has 1 aliphatic rings. The highest BCUT2D eigenvalue weighted by atomic mass is 35.5. The molecule has 16 heavy (non-hydrogen) atoms. The number of piperazine rings is 1. The third-order valence-corrected chi connectivity index (χ3v) is 2.59. The maximum absolute atomic E-state index is 11.7. The van der Waals surface area contributed by atoms with Gasteiger partial charge in [-0.1, -0.05) is 11.6 Å². The first kappa shape index (κ1) is 11.2. The van der Waals surface area contributed by atoms with Gasteiger partial charge in [-0.3, -0.25) is 0 Å². The van der Waals surface area contributed by atoms with Crippen molar-refractivity contribution < 1.29 is 9.53 Å². The molecule has 0 N–H and O–H groups in total. The molecule has 0 bridgehead atoms.